The first-order valence-electron chi connectivity index (χ1n) is 4.43. The summed E-state index contributed by atoms with van der Waals surface area (Å²) >= 11 is 2.09. The molecule has 2 aliphatic heterocycles. The largest absolute Gasteiger partial charge is 0.326 e. The fourth-order valence-corrected chi connectivity index (χ4v) is 3.21. The highest BCUT2D eigenvalue weighted by Crippen LogP contribution is 2.24. The first-order chi connectivity index (χ1) is 5.36. The van der Waals surface area contributed by atoms with Crippen molar-refractivity contribution in [3.05, 3.63) is 0 Å². The van der Waals surface area contributed by atoms with E-state index in [1.807, 2.05) is 0 Å². The number of rotatable bonds is 1. The molecule has 0 aromatic carbocycles. The van der Waals surface area contributed by atoms with E-state index in [1.165, 1.54) is 30.9 Å². The van der Waals surface area contributed by atoms with Gasteiger partial charge in [-0.25, -0.2) is 0 Å². The molecule has 0 aliphatic carbocycles. The summed E-state index contributed by atoms with van der Waals surface area (Å²) in [5.74, 6) is 2.70. The van der Waals surface area contributed by atoms with E-state index in [2.05, 4.69) is 16.7 Å². The first kappa shape index (κ1) is 7.90. The van der Waals surface area contributed by atoms with Crippen LogP contribution in [0.15, 0.2) is 0 Å². The number of hydrogen-bond donors (Lipinski definition) is 1. The summed E-state index contributed by atoms with van der Waals surface area (Å²) in [6.45, 7) is 2.39. The standard InChI is InChI=1S/C8H16N2S/c9-7-1-3-10(5-7)8-2-4-11-6-8/h7-8H,1-6,9H2/t7-,8+/m1/s1. The smallest absolute Gasteiger partial charge is 0.0194 e. The van der Waals surface area contributed by atoms with Gasteiger partial charge in [-0.3, -0.25) is 4.90 Å². The Morgan fingerprint density at radius 3 is 2.82 bits per heavy atom. The highest BCUT2D eigenvalue weighted by molar-refractivity contribution is 7.99. The molecule has 2 aliphatic rings. The molecule has 2 heterocycles. The Morgan fingerprint density at radius 1 is 1.36 bits per heavy atom. The van der Waals surface area contributed by atoms with E-state index in [0.717, 1.165) is 12.6 Å². The van der Waals surface area contributed by atoms with Crippen LogP contribution in [0.25, 0.3) is 0 Å². The molecule has 0 bridgehead atoms. The summed E-state index contributed by atoms with van der Waals surface area (Å²) < 4.78 is 0. The van der Waals surface area contributed by atoms with Crippen LogP contribution >= 0.6 is 11.8 Å². The molecule has 2 atom stereocenters. The molecule has 0 aromatic heterocycles. The van der Waals surface area contributed by atoms with Crippen molar-refractivity contribution < 1.29 is 0 Å². The average molecular weight is 172 g/mol. The summed E-state index contributed by atoms with van der Waals surface area (Å²) in [4.78, 5) is 2.57. The first-order valence-corrected chi connectivity index (χ1v) is 5.59. The minimum absolute atomic E-state index is 0.459. The van der Waals surface area contributed by atoms with Crippen molar-refractivity contribution in [1.82, 2.24) is 4.90 Å². The zero-order valence-electron chi connectivity index (χ0n) is 6.83. The molecule has 0 aromatic rings. The Kier molecular flexibility index (Phi) is 2.39. The SMILES string of the molecule is N[C@@H]1CCN([C@H]2CCSC2)C1. The Bertz CT molecular complexity index is 134. The monoisotopic (exact) mass is 172 g/mol. The van der Waals surface area contributed by atoms with Crippen LogP contribution in [0, 0.1) is 0 Å². The Hall–Kier alpha value is 0.270. The lowest BCUT2D eigenvalue weighted by molar-refractivity contribution is 0.261. The fraction of sp³-hybridized carbons (Fsp3) is 1.00. The molecule has 2 rings (SSSR count). The van der Waals surface area contributed by atoms with E-state index < -0.39 is 0 Å². The second-order valence-electron chi connectivity index (χ2n) is 3.56. The van der Waals surface area contributed by atoms with Crippen LogP contribution in [0.2, 0.25) is 0 Å². The van der Waals surface area contributed by atoms with Gasteiger partial charge in [0.25, 0.3) is 0 Å². The van der Waals surface area contributed by atoms with Crippen LogP contribution in [-0.4, -0.2) is 41.6 Å². The lowest BCUT2D eigenvalue weighted by Crippen LogP contribution is -2.35. The van der Waals surface area contributed by atoms with Gasteiger partial charge in [-0.1, -0.05) is 0 Å². The molecule has 0 amide bonds. The lowest BCUT2D eigenvalue weighted by Gasteiger charge is -2.22. The molecule has 11 heavy (non-hydrogen) atoms. The number of likely N-dealkylation sites (tertiary alicyclic amines) is 1. The van der Waals surface area contributed by atoms with Crippen LogP contribution in [0.3, 0.4) is 0 Å². The van der Waals surface area contributed by atoms with Gasteiger partial charge >= 0.3 is 0 Å². The highest BCUT2D eigenvalue weighted by Gasteiger charge is 2.28. The van der Waals surface area contributed by atoms with E-state index in [-0.39, 0.29) is 0 Å². The Balaban J connectivity index is 1.85. The molecular weight excluding hydrogens is 156 g/mol. The maximum atomic E-state index is 5.84. The maximum absolute atomic E-state index is 5.84. The number of nitrogens with zero attached hydrogens (tertiary/aromatic N) is 1. The Labute approximate surface area is 72.5 Å². The zero-order chi connectivity index (χ0) is 7.68. The van der Waals surface area contributed by atoms with E-state index in [0.29, 0.717) is 6.04 Å². The minimum Gasteiger partial charge on any atom is -0.326 e. The van der Waals surface area contributed by atoms with Gasteiger partial charge in [0.1, 0.15) is 0 Å². The molecule has 2 fully saturated rings. The normalized spacial score (nSPS) is 40.1. The van der Waals surface area contributed by atoms with Gasteiger partial charge in [0.2, 0.25) is 0 Å². The summed E-state index contributed by atoms with van der Waals surface area (Å²) in [5, 5.41) is 0. The second kappa shape index (κ2) is 3.33. The summed E-state index contributed by atoms with van der Waals surface area (Å²) in [7, 11) is 0. The van der Waals surface area contributed by atoms with Crippen LogP contribution in [-0.2, 0) is 0 Å². The van der Waals surface area contributed by atoms with Crippen molar-refractivity contribution in [3.63, 3.8) is 0 Å². The quantitative estimate of drug-likeness (QED) is 0.625. The van der Waals surface area contributed by atoms with Gasteiger partial charge < -0.3 is 5.73 Å². The van der Waals surface area contributed by atoms with Crippen molar-refractivity contribution in [2.45, 2.75) is 24.9 Å². The van der Waals surface area contributed by atoms with E-state index in [9.17, 15) is 0 Å². The second-order valence-corrected chi connectivity index (χ2v) is 4.71. The minimum atomic E-state index is 0.459. The summed E-state index contributed by atoms with van der Waals surface area (Å²) in [6, 6.07) is 1.31. The molecule has 2 nitrogen and oxygen atoms in total. The summed E-state index contributed by atoms with van der Waals surface area (Å²) in [6.07, 6.45) is 2.60. The molecule has 0 radical (unpaired) electrons. The van der Waals surface area contributed by atoms with Crippen molar-refractivity contribution >= 4 is 11.8 Å². The third-order valence-electron chi connectivity index (χ3n) is 2.68. The fourth-order valence-electron chi connectivity index (χ4n) is 1.96. The van der Waals surface area contributed by atoms with E-state index >= 15 is 0 Å². The third-order valence-corrected chi connectivity index (χ3v) is 3.82. The molecule has 2 saturated heterocycles. The van der Waals surface area contributed by atoms with Crippen LogP contribution in [0.4, 0.5) is 0 Å². The molecular formula is C8H16N2S. The predicted octanol–water partition coefficient (Wildman–Crippen LogP) is 0.525. The predicted molar refractivity (Wildman–Crippen MR) is 49.9 cm³/mol. The average Bonchev–Trinajstić information content (AvgIpc) is 2.55. The molecule has 2 N–H and O–H groups in total. The number of nitrogens with two attached hydrogens (primary N) is 1. The maximum Gasteiger partial charge on any atom is 0.0194 e. The van der Waals surface area contributed by atoms with Gasteiger partial charge in [0, 0.05) is 30.9 Å². The lowest BCUT2D eigenvalue weighted by atomic mass is 10.2. The number of thioether (sulfide) groups is 1. The molecule has 64 valence electrons. The van der Waals surface area contributed by atoms with Gasteiger partial charge in [-0.05, 0) is 18.6 Å². The van der Waals surface area contributed by atoms with Crippen molar-refractivity contribution in [1.29, 1.82) is 0 Å². The third kappa shape index (κ3) is 1.71. The number of hydrogen-bond acceptors (Lipinski definition) is 3. The molecule has 0 spiro atoms. The van der Waals surface area contributed by atoms with Crippen molar-refractivity contribution in [3.8, 4) is 0 Å². The van der Waals surface area contributed by atoms with Gasteiger partial charge in [0.15, 0.2) is 0 Å². The molecule has 0 unspecified atom stereocenters. The highest BCUT2D eigenvalue weighted by atomic mass is 32.2. The van der Waals surface area contributed by atoms with Gasteiger partial charge in [0.05, 0.1) is 0 Å². The van der Waals surface area contributed by atoms with Gasteiger partial charge in [-0.15, -0.1) is 0 Å². The molecule has 3 heteroatoms. The van der Waals surface area contributed by atoms with Crippen LogP contribution in [0.1, 0.15) is 12.8 Å². The topological polar surface area (TPSA) is 29.3 Å². The zero-order valence-corrected chi connectivity index (χ0v) is 7.65. The van der Waals surface area contributed by atoms with E-state index in [4.69, 9.17) is 5.73 Å². The summed E-state index contributed by atoms with van der Waals surface area (Å²) in [5.41, 5.74) is 5.84. The Morgan fingerprint density at radius 2 is 2.27 bits per heavy atom. The van der Waals surface area contributed by atoms with Gasteiger partial charge in [-0.2, -0.15) is 11.8 Å². The van der Waals surface area contributed by atoms with Crippen LogP contribution < -0.4 is 5.73 Å². The van der Waals surface area contributed by atoms with Crippen molar-refractivity contribution in [2.75, 3.05) is 24.6 Å². The van der Waals surface area contributed by atoms with Crippen molar-refractivity contribution in [2.24, 2.45) is 5.73 Å². The van der Waals surface area contributed by atoms with Crippen LogP contribution in [0.5, 0.6) is 0 Å². The van der Waals surface area contributed by atoms with E-state index in [1.54, 1.807) is 0 Å². The molecule has 0 saturated carbocycles.